The van der Waals surface area contributed by atoms with Crippen molar-refractivity contribution in [1.29, 1.82) is 0 Å². The molecular weight excluding hydrogens is 340 g/mol. The summed E-state index contributed by atoms with van der Waals surface area (Å²) < 4.78 is 5.89. The van der Waals surface area contributed by atoms with Crippen LogP contribution in [0.15, 0.2) is 39.5 Å². The third-order valence-electron chi connectivity index (χ3n) is 2.56. The Balaban J connectivity index is 1.86. The standard InChI is InChI=1S/C14H15BrN2O2S/c1-19-8-14(18)17-12-4-2-11(3-5-12)16-7-10-6-13(15)20-9-10/h2-6,9,16H,7-8H2,1H3,(H,17,18). The summed E-state index contributed by atoms with van der Waals surface area (Å²) in [7, 11) is 1.50. The molecule has 106 valence electrons. The molecule has 4 nitrogen and oxygen atoms in total. The molecular formula is C14H15BrN2O2S. The quantitative estimate of drug-likeness (QED) is 0.831. The zero-order chi connectivity index (χ0) is 14.4. The van der Waals surface area contributed by atoms with E-state index in [-0.39, 0.29) is 12.5 Å². The van der Waals surface area contributed by atoms with E-state index in [9.17, 15) is 4.79 Å². The fourth-order valence-electron chi connectivity index (χ4n) is 1.64. The first-order valence-electron chi connectivity index (χ1n) is 6.03. The molecule has 0 fully saturated rings. The van der Waals surface area contributed by atoms with Crippen LogP contribution >= 0.6 is 27.3 Å². The molecule has 0 spiro atoms. The van der Waals surface area contributed by atoms with Crippen LogP contribution in [0, 0.1) is 0 Å². The van der Waals surface area contributed by atoms with Crippen LogP contribution in [0.1, 0.15) is 5.56 Å². The fourth-order valence-corrected chi connectivity index (χ4v) is 2.85. The number of halogens is 1. The number of carbonyl (C=O) groups excluding carboxylic acids is 1. The molecule has 1 amide bonds. The summed E-state index contributed by atoms with van der Waals surface area (Å²) in [4.78, 5) is 11.4. The Morgan fingerprint density at radius 3 is 2.60 bits per heavy atom. The first kappa shape index (κ1) is 15.0. The molecule has 0 atom stereocenters. The van der Waals surface area contributed by atoms with Crippen LogP contribution in [-0.2, 0) is 16.1 Å². The number of ether oxygens (including phenoxy) is 1. The van der Waals surface area contributed by atoms with Gasteiger partial charge >= 0.3 is 0 Å². The highest BCUT2D eigenvalue weighted by atomic mass is 79.9. The minimum atomic E-state index is -0.156. The lowest BCUT2D eigenvalue weighted by Gasteiger charge is -2.07. The Labute approximate surface area is 130 Å². The van der Waals surface area contributed by atoms with Crippen molar-refractivity contribution < 1.29 is 9.53 Å². The lowest BCUT2D eigenvalue weighted by molar-refractivity contribution is -0.119. The van der Waals surface area contributed by atoms with Crippen molar-refractivity contribution in [2.24, 2.45) is 0 Å². The minimum Gasteiger partial charge on any atom is -0.381 e. The highest BCUT2D eigenvalue weighted by molar-refractivity contribution is 9.11. The van der Waals surface area contributed by atoms with Crippen LogP contribution in [0.2, 0.25) is 0 Å². The van der Waals surface area contributed by atoms with E-state index in [1.54, 1.807) is 11.3 Å². The second kappa shape index (κ2) is 7.42. The van der Waals surface area contributed by atoms with Crippen LogP contribution in [0.4, 0.5) is 11.4 Å². The molecule has 0 saturated heterocycles. The highest BCUT2D eigenvalue weighted by Crippen LogP contribution is 2.21. The largest absolute Gasteiger partial charge is 0.381 e. The SMILES string of the molecule is COCC(=O)Nc1ccc(NCc2csc(Br)c2)cc1. The van der Waals surface area contributed by atoms with Gasteiger partial charge in [-0.2, -0.15) is 0 Å². The van der Waals surface area contributed by atoms with Gasteiger partial charge in [0.2, 0.25) is 5.91 Å². The molecule has 2 aromatic rings. The molecule has 0 aliphatic heterocycles. The lowest BCUT2D eigenvalue weighted by atomic mass is 10.2. The average Bonchev–Trinajstić information content (AvgIpc) is 2.84. The Bertz CT molecular complexity index is 569. The maximum atomic E-state index is 11.4. The number of rotatable bonds is 6. The van der Waals surface area contributed by atoms with Gasteiger partial charge in [0.1, 0.15) is 6.61 Å². The summed E-state index contributed by atoms with van der Waals surface area (Å²) in [6, 6.07) is 9.68. The van der Waals surface area contributed by atoms with Crippen LogP contribution < -0.4 is 10.6 Å². The first-order chi connectivity index (χ1) is 9.67. The Kier molecular flexibility index (Phi) is 5.58. The number of amides is 1. The predicted octanol–water partition coefficient (Wildman–Crippen LogP) is 3.71. The van der Waals surface area contributed by atoms with E-state index in [0.29, 0.717) is 0 Å². The number of hydrogen-bond acceptors (Lipinski definition) is 4. The second-order valence-electron chi connectivity index (χ2n) is 4.17. The smallest absolute Gasteiger partial charge is 0.250 e. The van der Waals surface area contributed by atoms with Gasteiger partial charge in [-0.15, -0.1) is 11.3 Å². The third-order valence-corrected chi connectivity index (χ3v) is 4.12. The van der Waals surface area contributed by atoms with Crippen molar-refractivity contribution in [1.82, 2.24) is 0 Å². The summed E-state index contributed by atoms with van der Waals surface area (Å²) in [5.41, 5.74) is 3.01. The molecule has 0 radical (unpaired) electrons. The van der Waals surface area contributed by atoms with Crippen LogP contribution in [0.5, 0.6) is 0 Å². The van der Waals surface area contributed by atoms with E-state index in [0.717, 1.165) is 21.7 Å². The van der Waals surface area contributed by atoms with Crippen LogP contribution in [-0.4, -0.2) is 19.6 Å². The van der Waals surface area contributed by atoms with Crippen molar-refractivity contribution in [3.8, 4) is 0 Å². The predicted molar refractivity (Wildman–Crippen MR) is 86.3 cm³/mol. The van der Waals surface area contributed by atoms with Crippen LogP contribution in [0.3, 0.4) is 0 Å². The van der Waals surface area contributed by atoms with E-state index in [1.165, 1.54) is 12.7 Å². The van der Waals surface area contributed by atoms with Gasteiger partial charge < -0.3 is 15.4 Å². The molecule has 2 rings (SSSR count). The van der Waals surface area contributed by atoms with Gasteiger partial charge in [-0.3, -0.25) is 4.79 Å². The molecule has 6 heteroatoms. The topological polar surface area (TPSA) is 50.4 Å². The zero-order valence-electron chi connectivity index (χ0n) is 11.0. The van der Waals surface area contributed by atoms with E-state index in [2.05, 4.69) is 38.0 Å². The normalized spacial score (nSPS) is 10.3. The Morgan fingerprint density at radius 2 is 2.00 bits per heavy atom. The van der Waals surface area contributed by atoms with Crippen LogP contribution in [0.25, 0.3) is 0 Å². The lowest BCUT2D eigenvalue weighted by Crippen LogP contribution is -2.16. The molecule has 0 saturated carbocycles. The maximum absolute atomic E-state index is 11.4. The van der Waals surface area contributed by atoms with Gasteiger partial charge in [0, 0.05) is 25.0 Å². The van der Waals surface area contributed by atoms with E-state index in [1.807, 2.05) is 24.3 Å². The number of anilines is 2. The fraction of sp³-hybridized carbons (Fsp3) is 0.214. The zero-order valence-corrected chi connectivity index (χ0v) is 13.4. The molecule has 0 bridgehead atoms. The highest BCUT2D eigenvalue weighted by Gasteiger charge is 2.01. The second-order valence-corrected chi connectivity index (χ2v) is 6.46. The molecule has 1 heterocycles. The molecule has 2 N–H and O–H groups in total. The number of methoxy groups -OCH3 is 1. The van der Waals surface area contributed by atoms with E-state index < -0.39 is 0 Å². The molecule has 0 aliphatic rings. The van der Waals surface area contributed by atoms with Crippen molar-refractivity contribution in [3.63, 3.8) is 0 Å². The summed E-state index contributed by atoms with van der Waals surface area (Å²) in [6.45, 7) is 0.838. The summed E-state index contributed by atoms with van der Waals surface area (Å²) in [6.07, 6.45) is 0. The van der Waals surface area contributed by atoms with Gasteiger partial charge in [-0.1, -0.05) is 0 Å². The molecule has 20 heavy (non-hydrogen) atoms. The molecule has 1 aromatic heterocycles. The monoisotopic (exact) mass is 354 g/mol. The summed E-state index contributed by atoms with van der Waals surface area (Å²) in [5, 5.41) is 8.19. The van der Waals surface area contributed by atoms with Gasteiger partial charge in [-0.05, 0) is 57.2 Å². The van der Waals surface area contributed by atoms with Gasteiger partial charge in [0.25, 0.3) is 0 Å². The Morgan fingerprint density at radius 1 is 1.30 bits per heavy atom. The molecule has 1 aromatic carbocycles. The minimum absolute atomic E-state index is 0.0625. The molecule has 0 unspecified atom stereocenters. The van der Waals surface area contributed by atoms with Crippen molar-refractivity contribution in [3.05, 3.63) is 45.1 Å². The first-order valence-corrected chi connectivity index (χ1v) is 7.70. The van der Waals surface area contributed by atoms with E-state index in [4.69, 9.17) is 4.74 Å². The molecule has 0 aliphatic carbocycles. The maximum Gasteiger partial charge on any atom is 0.250 e. The Hall–Kier alpha value is -1.37. The third kappa shape index (κ3) is 4.63. The van der Waals surface area contributed by atoms with Gasteiger partial charge in [-0.25, -0.2) is 0 Å². The van der Waals surface area contributed by atoms with Crippen molar-refractivity contribution in [2.75, 3.05) is 24.4 Å². The number of nitrogens with one attached hydrogen (secondary N) is 2. The van der Waals surface area contributed by atoms with Gasteiger partial charge in [0.15, 0.2) is 0 Å². The number of carbonyl (C=O) groups is 1. The number of hydrogen-bond donors (Lipinski definition) is 2. The van der Waals surface area contributed by atoms with Gasteiger partial charge in [0.05, 0.1) is 3.79 Å². The number of benzene rings is 1. The summed E-state index contributed by atoms with van der Waals surface area (Å²) in [5.74, 6) is -0.156. The van der Waals surface area contributed by atoms with Crippen molar-refractivity contribution >= 4 is 44.5 Å². The average molecular weight is 355 g/mol. The number of thiophene rings is 1. The summed E-state index contributed by atoms with van der Waals surface area (Å²) >= 11 is 5.11. The van der Waals surface area contributed by atoms with Crippen molar-refractivity contribution in [2.45, 2.75) is 6.54 Å². The van der Waals surface area contributed by atoms with E-state index >= 15 is 0 Å².